The molecule has 0 aromatic heterocycles. The van der Waals surface area contributed by atoms with E-state index in [1.807, 2.05) is 45.9 Å². The van der Waals surface area contributed by atoms with Gasteiger partial charge in [-0.25, -0.2) is 17.9 Å². The van der Waals surface area contributed by atoms with Crippen LogP contribution in [-0.2, 0) is 14.8 Å². The highest BCUT2D eigenvalue weighted by molar-refractivity contribution is 7.90. The highest BCUT2D eigenvalue weighted by Crippen LogP contribution is 2.32. The maximum Gasteiger partial charge on any atom is 0.332 e. The molecule has 1 unspecified atom stereocenters. The standard InChI is InChI=1S/C20H31N3O4S/c1-13(2)17-9-6-10-18(14(3)4)19(17)21-20(25)22-28(26,27)16-8-7-11-23(12-16)15(5)24/h6,9-10,13-14,16H,7-8,11-12H2,1-5H3,(H2,21,22,25). The van der Waals surface area contributed by atoms with Gasteiger partial charge in [-0.1, -0.05) is 45.9 Å². The topological polar surface area (TPSA) is 95.6 Å². The monoisotopic (exact) mass is 409 g/mol. The second kappa shape index (κ2) is 8.94. The number of benzene rings is 1. The highest BCUT2D eigenvalue weighted by atomic mass is 32.2. The van der Waals surface area contributed by atoms with Gasteiger partial charge in [0, 0.05) is 25.7 Å². The van der Waals surface area contributed by atoms with Gasteiger partial charge in [0.1, 0.15) is 0 Å². The van der Waals surface area contributed by atoms with E-state index in [9.17, 15) is 18.0 Å². The van der Waals surface area contributed by atoms with Crippen LogP contribution >= 0.6 is 0 Å². The average Bonchev–Trinajstić information content (AvgIpc) is 2.61. The Morgan fingerprint density at radius 3 is 2.18 bits per heavy atom. The number of hydrogen-bond acceptors (Lipinski definition) is 4. The summed E-state index contributed by atoms with van der Waals surface area (Å²) in [7, 11) is -3.89. The number of anilines is 1. The van der Waals surface area contributed by atoms with Crippen molar-refractivity contribution in [3.8, 4) is 0 Å². The lowest BCUT2D eigenvalue weighted by molar-refractivity contribution is -0.129. The number of urea groups is 1. The quantitative estimate of drug-likeness (QED) is 0.779. The van der Waals surface area contributed by atoms with Gasteiger partial charge >= 0.3 is 6.03 Å². The Bertz CT molecular complexity index is 808. The maximum absolute atomic E-state index is 12.7. The van der Waals surface area contributed by atoms with Crippen LogP contribution in [0.1, 0.15) is 70.4 Å². The van der Waals surface area contributed by atoms with Crippen molar-refractivity contribution in [3.05, 3.63) is 29.3 Å². The molecule has 1 saturated heterocycles. The Labute approximate surface area is 167 Å². The molecule has 1 heterocycles. The van der Waals surface area contributed by atoms with E-state index in [1.54, 1.807) is 0 Å². The second-order valence-corrected chi connectivity index (χ2v) is 9.91. The van der Waals surface area contributed by atoms with Crippen LogP contribution in [0.4, 0.5) is 10.5 Å². The summed E-state index contributed by atoms with van der Waals surface area (Å²) in [6.07, 6.45) is 1.02. The van der Waals surface area contributed by atoms with Gasteiger partial charge in [-0.15, -0.1) is 0 Å². The number of rotatable bonds is 5. The minimum atomic E-state index is -3.89. The molecule has 8 heteroatoms. The normalized spacial score (nSPS) is 17.7. The van der Waals surface area contributed by atoms with Gasteiger partial charge in [-0.05, 0) is 35.8 Å². The first kappa shape index (κ1) is 22.2. The Balaban J connectivity index is 2.19. The first-order valence-corrected chi connectivity index (χ1v) is 11.3. The zero-order valence-corrected chi connectivity index (χ0v) is 18.1. The third kappa shape index (κ3) is 5.25. The fraction of sp³-hybridized carbons (Fsp3) is 0.600. The first-order valence-electron chi connectivity index (χ1n) is 9.73. The fourth-order valence-electron chi connectivity index (χ4n) is 3.52. The van der Waals surface area contributed by atoms with Crippen LogP contribution in [0, 0.1) is 0 Å². The number of sulfonamides is 1. The molecule has 0 spiro atoms. The highest BCUT2D eigenvalue weighted by Gasteiger charge is 2.33. The van der Waals surface area contributed by atoms with Crippen LogP contribution in [0.15, 0.2) is 18.2 Å². The Kier molecular flexibility index (Phi) is 7.09. The minimum absolute atomic E-state index is 0.109. The molecule has 1 aromatic rings. The van der Waals surface area contributed by atoms with Crippen LogP contribution in [0.3, 0.4) is 0 Å². The molecule has 0 radical (unpaired) electrons. The number of piperidine rings is 1. The van der Waals surface area contributed by atoms with Crippen molar-refractivity contribution in [1.82, 2.24) is 9.62 Å². The number of carbonyl (C=O) groups excluding carboxylic acids is 2. The molecule has 1 aliphatic rings. The summed E-state index contributed by atoms with van der Waals surface area (Å²) < 4.78 is 27.5. The van der Waals surface area contributed by atoms with E-state index >= 15 is 0 Å². The van der Waals surface area contributed by atoms with Crippen LogP contribution in [0.25, 0.3) is 0 Å². The summed E-state index contributed by atoms with van der Waals surface area (Å²) in [4.78, 5) is 25.6. The number of likely N-dealkylation sites (tertiary alicyclic amines) is 1. The summed E-state index contributed by atoms with van der Waals surface area (Å²) in [6.45, 7) is 10.2. The summed E-state index contributed by atoms with van der Waals surface area (Å²) >= 11 is 0. The number of nitrogens with one attached hydrogen (secondary N) is 2. The number of amides is 3. The van der Waals surface area contributed by atoms with Crippen molar-refractivity contribution in [1.29, 1.82) is 0 Å². The zero-order valence-electron chi connectivity index (χ0n) is 17.3. The van der Waals surface area contributed by atoms with Crippen molar-refractivity contribution in [3.63, 3.8) is 0 Å². The molecule has 0 bridgehead atoms. The van der Waals surface area contributed by atoms with Crippen molar-refractivity contribution in [2.75, 3.05) is 18.4 Å². The molecule has 3 amide bonds. The molecule has 1 aliphatic heterocycles. The van der Waals surface area contributed by atoms with E-state index in [0.717, 1.165) is 11.1 Å². The van der Waals surface area contributed by atoms with Crippen molar-refractivity contribution < 1.29 is 18.0 Å². The Hall–Kier alpha value is -2.09. The molecule has 156 valence electrons. The lowest BCUT2D eigenvalue weighted by Crippen LogP contribution is -2.49. The minimum Gasteiger partial charge on any atom is -0.342 e. The van der Waals surface area contributed by atoms with E-state index < -0.39 is 21.3 Å². The van der Waals surface area contributed by atoms with Gasteiger partial charge < -0.3 is 10.2 Å². The van der Waals surface area contributed by atoms with E-state index in [0.29, 0.717) is 25.1 Å². The molecular weight excluding hydrogens is 378 g/mol. The van der Waals surface area contributed by atoms with Crippen molar-refractivity contribution in [2.24, 2.45) is 0 Å². The van der Waals surface area contributed by atoms with E-state index in [-0.39, 0.29) is 24.3 Å². The zero-order chi connectivity index (χ0) is 21.1. The molecule has 1 aromatic carbocycles. The van der Waals surface area contributed by atoms with E-state index in [1.165, 1.54) is 11.8 Å². The van der Waals surface area contributed by atoms with E-state index in [2.05, 4.69) is 10.0 Å². The predicted molar refractivity (Wildman–Crippen MR) is 111 cm³/mol. The smallest absolute Gasteiger partial charge is 0.332 e. The lowest BCUT2D eigenvalue weighted by Gasteiger charge is -2.31. The number of nitrogens with zero attached hydrogens (tertiary/aromatic N) is 1. The number of hydrogen-bond donors (Lipinski definition) is 2. The summed E-state index contributed by atoms with van der Waals surface area (Å²) in [5.74, 6) is 0.193. The van der Waals surface area contributed by atoms with Gasteiger partial charge in [0.2, 0.25) is 15.9 Å². The van der Waals surface area contributed by atoms with Gasteiger partial charge in [0.25, 0.3) is 0 Å². The van der Waals surface area contributed by atoms with Crippen LogP contribution in [0.5, 0.6) is 0 Å². The van der Waals surface area contributed by atoms with Gasteiger partial charge in [-0.2, -0.15) is 0 Å². The molecular formula is C20H31N3O4S. The molecule has 1 atom stereocenters. The van der Waals surface area contributed by atoms with Gasteiger partial charge in [-0.3, -0.25) is 4.79 Å². The first-order chi connectivity index (χ1) is 13.0. The second-order valence-electron chi connectivity index (χ2n) is 7.95. The number of para-hydroxylation sites is 1. The van der Waals surface area contributed by atoms with Crippen molar-refractivity contribution >= 4 is 27.6 Å². The molecule has 2 rings (SSSR count). The van der Waals surface area contributed by atoms with Crippen molar-refractivity contribution in [2.45, 2.75) is 64.5 Å². The van der Waals surface area contributed by atoms with Gasteiger partial charge in [0.15, 0.2) is 0 Å². The van der Waals surface area contributed by atoms with Gasteiger partial charge in [0.05, 0.1) is 5.25 Å². The maximum atomic E-state index is 12.7. The molecule has 1 fully saturated rings. The Morgan fingerprint density at radius 1 is 1.11 bits per heavy atom. The average molecular weight is 410 g/mol. The van der Waals surface area contributed by atoms with Crippen LogP contribution in [-0.4, -0.2) is 43.6 Å². The van der Waals surface area contributed by atoms with E-state index in [4.69, 9.17) is 0 Å². The predicted octanol–water partition coefficient (Wildman–Crippen LogP) is 3.40. The summed E-state index contributed by atoms with van der Waals surface area (Å²) in [6, 6.07) is 5.05. The third-order valence-corrected chi connectivity index (χ3v) is 6.84. The molecule has 7 nitrogen and oxygen atoms in total. The SMILES string of the molecule is CC(=O)N1CCCC(S(=O)(=O)NC(=O)Nc2c(C(C)C)cccc2C(C)C)C1. The largest absolute Gasteiger partial charge is 0.342 e. The molecule has 0 aliphatic carbocycles. The molecule has 2 N–H and O–H groups in total. The fourth-order valence-corrected chi connectivity index (χ4v) is 4.85. The number of carbonyl (C=O) groups is 2. The van der Waals surface area contributed by atoms with Crippen LogP contribution < -0.4 is 10.0 Å². The summed E-state index contributed by atoms with van der Waals surface area (Å²) in [5.41, 5.74) is 2.58. The lowest BCUT2D eigenvalue weighted by atomic mass is 9.93. The molecule has 28 heavy (non-hydrogen) atoms. The Morgan fingerprint density at radius 2 is 1.68 bits per heavy atom. The molecule has 0 saturated carbocycles. The summed E-state index contributed by atoms with van der Waals surface area (Å²) in [5, 5.41) is 1.97. The van der Waals surface area contributed by atoms with Crippen LogP contribution in [0.2, 0.25) is 0 Å². The third-order valence-electron chi connectivity index (χ3n) is 5.11.